The van der Waals surface area contributed by atoms with Crippen molar-refractivity contribution in [3.63, 3.8) is 0 Å². The minimum Gasteiger partial charge on any atom is -0.314 e. The van der Waals surface area contributed by atoms with Gasteiger partial charge in [0.25, 0.3) is 0 Å². The van der Waals surface area contributed by atoms with Crippen LogP contribution in [0.4, 0.5) is 0 Å². The first-order chi connectivity index (χ1) is 8.20. The van der Waals surface area contributed by atoms with Crippen LogP contribution in [0, 0.1) is 11.8 Å². The molecule has 1 fully saturated rings. The van der Waals surface area contributed by atoms with E-state index in [4.69, 9.17) is 11.6 Å². The van der Waals surface area contributed by atoms with Crippen LogP contribution < -0.4 is 0 Å². The third kappa shape index (κ3) is 3.21. The van der Waals surface area contributed by atoms with Crippen molar-refractivity contribution in [3.05, 3.63) is 11.6 Å². The summed E-state index contributed by atoms with van der Waals surface area (Å²) in [6, 6.07) is 0. The molecule has 0 atom stereocenters. The Morgan fingerprint density at radius 2 is 1.88 bits per heavy atom. The molecule has 0 amide bonds. The predicted molar refractivity (Wildman–Crippen MR) is 70.1 cm³/mol. The molecule has 1 heterocycles. The fourth-order valence-electron chi connectivity index (χ4n) is 2.67. The Morgan fingerprint density at radius 1 is 1.24 bits per heavy atom. The van der Waals surface area contributed by atoms with E-state index in [-0.39, 0.29) is 0 Å². The first-order valence-corrected chi connectivity index (χ1v) is 7.21. The van der Waals surface area contributed by atoms with E-state index in [1.807, 2.05) is 0 Å². The molecule has 4 heteroatoms. The topological polar surface area (TPSA) is 30.7 Å². The second-order valence-corrected chi connectivity index (χ2v) is 5.79. The molecule has 0 aliphatic heterocycles. The number of halogens is 1. The molecule has 0 radical (unpaired) electrons. The molecule has 1 saturated carbocycles. The highest BCUT2D eigenvalue weighted by Crippen LogP contribution is 2.28. The second kappa shape index (κ2) is 5.85. The van der Waals surface area contributed by atoms with Crippen molar-refractivity contribution in [1.29, 1.82) is 0 Å². The third-order valence-corrected chi connectivity index (χ3v) is 3.76. The Labute approximate surface area is 109 Å². The molecule has 96 valence electrons. The summed E-state index contributed by atoms with van der Waals surface area (Å²) >= 11 is 5.92. The van der Waals surface area contributed by atoms with Gasteiger partial charge in [-0.05, 0) is 11.8 Å². The maximum absolute atomic E-state index is 5.92. The van der Waals surface area contributed by atoms with E-state index < -0.39 is 0 Å². The van der Waals surface area contributed by atoms with Crippen LogP contribution in [0.15, 0.2) is 0 Å². The van der Waals surface area contributed by atoms with E-state index in [9.17, 15) is 0 Å². The van der Waals surface area contributed by atoms with Gasteiger partial charge in [-0.25, -0.2) is 0 Å². The Hall–Kier alpha value is -0.570. The first kappa shape index (κ1) is 12.9. The van der Waals surface area contributed by atoms with Crippen molar-refractivity contribution in [1.82, 2.24) is 14.8 Å². The number of rotatable bonds is 5. The third-order valence-electron chi connectivity index (χ3n) is 3.52. The summed E-state index contributed by atoms with van der Waals surface area (Å²) in [5.74, 6) is 3.95. The van der Waals surface area contributed by atoms with Crippen LogP contribution in [0.1, 0.15) is 51.2 Å². The van der Waals surface area contributed by atoms with Crippen LogP contribution in [-0.2, 0) is 18.8 Å². The molecule has 0 bridgehead atoms. The molecule has 0 saturated heterocycles. The molecule has 2 rings (SSSR count). The highest BCUT2D eigenvalue weighted by atomic mass is 35.5. The van der Waals surface area contributed by atoms with Crippen LogP contribution in [-0.4, -0.2) is 14.8 Å². The normalized spacial score (nSPS) is 17.2. The smallest absolute Gasteiger partial charge is 0.147 e. The van der Waals surface area contributed by atoms with E-state index >= 15 is 0 Å². The largest absolute Gasteiger partial charge is 0.314 e. The minimum absolute atomic E-state index is 0.463. The molecule has 1 aromatic heterocycles. The van der Waals surface area contributed by atoms with Crippen LogP contribution >= 0.6 is 11.6 Å². The Kier molecular flexibility index (Phi) is 4.43. The summed E-state index contributed by atoms with van der Waals surface area (Å²) in [5.41, 5.74) is 0. The van der Waals surface area contributed by atoms with E-state index in [0.29, 0.717) is 11.8 Å². The van der Waals surface area contributed by atoms with Gasteiger partial charge >= 0.3 is 0 Å². The van der Waals surface area contributed by atoms with Gasteiger partial charge in [-0.2, -0.15) is 0 Å². The summed E-state index contributed by atoms with van der Waals surface area (Å²) in [6.45, 7) is 5.42. The molecule has 0 unspecified atom stereocenters. The zero-order chi connectivity index (χ0) is 12.3. The number of aromatic nitrogens is 3. The van der Waals surface area contributed by atoms with Crippen LogP contribution in [0.25, 0.3) is 0 Å². The maximum atomic E-state index is 5.92. The summed E-state index contributed by atoms with van der Waals surface area (Å²) in [5, 5.41) is 8.54. The van der Waals surface area contributed by atoms with E-state index in [1.165, 1.54) is 25.7 Å². The van der Waals surface area contributed by atoms with Gasteiger partial charge in [0, 0.05) is 13.0 Å². The van der Waals surface area contributed by atoms with Gasteiger partial charge in [-0.3, -0.25) is 0 Å². The molecular weight excluding hydrogens is 234 g/mol. The quantitative estimate of drug-likeness (QED) is 0.755. The molecule has 0 N–H and O–H groups in total. The van der Waals surface area contributed by atoms with E-state index in [2.05, 4.69) is 28.6 Å². The zero-order valence-electron chi connectivity index (χ0n) is 10.8. The Morgan fingerprint density at radius 3 is 2.47 bits per heavy atom. The molecular formula is C13H22ClN3. The molecule has 17 heavy (non-hydrogen) atoms. The molecule has 1 aliphatic rings. The van der Waals surface area contributed by atoms with Crippen molar-refractivity contribution in [2.45, 2.75) is 58.4 Å². The van der Waals surface area contributed by atoms with Crippen molar-refractivity contribution >= 4 is 11.6 Å². The lowest BCUT2D eigenvalue weighted by molar-refractivity contribution is 0.464. The van der Waals surface area contributed by atoms with Crippen molar-refractivity contribution in [3.8, 4) is 0 Å². The monoisotopic (exact) mass is 255 g/mol. The van der Waals surface area contributed by atoms with Crippen molar-refractivity contribution in [2.24, 2.45) is 11.8 Å². The lowest BCUT2D eigenvalue weighted by Gasteiger charge is -2.14. The van der Waals surface area contributed by atoms with Gasteiger partial charge in [-0.1, -0.05) is 39.5 Å². The van der Waals surface area contributed by atoms with Crippen LogP contribution in [0.3, 0.4) is 0 Å². The highest BCUT2D eigenvalue weighted by molar-refractivity contribution is 6.16. The van der Waals surface area contributed by atoms with Gasteiger partial charge in [-0.15, -0.1) is 21.8 Å². The van der Waals surface area contributed by atoms with Crippen LogP contribution in [0.2, 0.25) is 0 Å². The SMILES string of the molecule is CC(C)Cn1c(CCl)nnc1CC1CCCC1. The van der Waals surface area contributed by atoms with Crippen LogP contribution in [0.5, 0.6) is 0 Å². The average Bonchev–Trinajstić information content (AvgIpc) is 2.90. The molecule has 1 aliphatic carbocycles. The average molecular weight is 256 g/mol. The van der Waals surface area contributed by atoms with Crippen molar-refractivity contribution < 1.29 is 0 Å². The first-order valence-electron chi connectivity index (χ1n) is 6.67. The van der Waals surface area contributed by atoms with Gasteiger partial charge in [0.1, 0.15) is 11.6 Å². The Balaban J connectivity index is 2.11. The summed E-state index contributed by atoms with van der Waals surface area (Å²) in [7, 11) is 0. The number of hydrogen-bond donors (Lipinski definition) is 0. The number of nitrogens with zero attached hydrogens (tertiary/aromatic N) is 3. The van der Waals surface area contributed by atoms with E-state index in [1.54, 1.807) is 0 Å². The van der Waals surface area contributed by atoms with Gasteiger partial charge in [0.15, 0.2) is 0 Å². The Bertz CT molecular complexity index is 354. The fraction of sp³-hybridized carbons (Fsp3) is 0.846. The maximum Gasteiger partial charge on any atom is 0.147 e. The lowest BCUT2D eigenvalue weighted by atomic mass is 10.0. The molecule has 1 aromatic rings. The lowest BCUT2D eigenvalue weighted by Crippen LogP contribution is -2.13. The predicted octanol–water partition coefficient (Wildman–Crippen LogP) is 3.41. The number of alkyl halides is 1. The minimum atomic E-state index is 0.463. The molecule has 0 aromatic carbocycles. The summed E-state index contributed by atoms with van der Waals surface area (Å²) in [6.07, 6.45) is 6.54. The number of hydrogen-bond acceptors (Lipinski definition) is 2. The van der Waals surface area contributed by atoms with Gasteiger partial charge < -0.3 is 4.57 Å². The van der Waals surface area contributed by atoms with Gasteiger partial charge in [0.2, 0.25) is 0 Å². The summed E-state index contributed by atoms with van der Waals surface area (Å²) in [4.78, 5) is 0. The summed E-state index contributed by atoms with van der Waals surface area (Å²) < 4.78 is 2.23. The zero-order valence-corrected chi connectivity index (χ0v) is 11.6. The molecule has 3 nitrogen and oxygen atoms in total. The van der Waals surface area contributed by atoms with E-state index in [0.717, 1.165) is 30.5 Å². The van der Waals surface area contributed by atoms with Crippen molar-refractivity contribution in [2.75, 3.05) is 0 Å². The molecule has 0 spiro atoms. The highest BCUT2D eigenvalue weighted by Gasteiger charge is 2.20. The standard InChI is InChI=1S/C13H22ClN3/c1-10(2)9-17-12(15-16-13(17)8-14)7-11-5-3-4-6-11/h10-11H,3-9H2,1-2H3. The fourth-order valence-corrected chi connectivity index (χ4v) is 2.87. The van der Waals surface area contributed by atoms with Gasteiger partial charge in [0.05, 0.1) is 5.88 Å². The second-order valence-electron chi connectivity index (χ2n) is 5.53.